The third-order valence-corrected chi connectivity index (χ3v) is 2.60. The van der Waals surface area contributed by atoms with Crippen LogP contribution < -0.4 is 5.73 Å². The van der Waals surface area contributed by atoms with Gasteiger partial charge in [-0.1, -0.05) is 30.3 Å². The number of aryl methyl sites for hydroxylation is 1. The largest absolute Gasteiger partial charge is 0.334 e. The Labute approximate surface area is 101 Å². The van der Waals surface area contributed by atoms with Crippen LogP contribution in [-0.2, 0) is 12.8 Å². The van der Waals surface area contributed by atoms with Gasteiger partial charge in [0.1, 0.15) is 0 Å². The molecule has 4 nitrogen and oxygen atoms in total. The van der Waals surface area contributed by atoms with Crippen LogP contribution in [0.15, 0.2) is 28.8 Å². The van der Waals surface area contributed by atoms with Crippen LogP contribution in [0, 0.1) is 0 Å². The predicted molar refractivity (Wildman–Crippen MR) is 66.5 cm³/mol. The zero-order chi connectivity index (χ0) is 12.3. The van der Waals surface area contributed by atoms with E-state index in [1.165, 1.54) is 5.56 Å². The third kappa shape index (κ3) is 2.71. The molecule has 1 atom stereocenters. The fourth-order valence-electron chi connectivity index (χ4n) is 1.77. The lowest BCUT2D eigenvalue weighted by Crippen LogP contribution is -2.18. The molecule has 0 saturated carbocycles. The zero-order valence-corrected chi connectivity index (χ0v) is 10.2. The average Bonchev–Trinajstić information content (AvgIpc) is 2.76. The number of nitrogens with zero attached hydrogens (tertiary/aromatic N) is 2. The standard InChI is InChI=1S/C13H17N3O/c1-3-10-6-4-5-7-11(10)13-15-12(16-17-13)8-9(2)14/h4-7,9H,3,8,14H2,1-2H3. The Kier molecular flexibility index (Phi) is 3.54. The van der Waals surface area contributed by atoms with Gasteiger partial charge in [0.05, 0.1) is 0 Å². The molecule has 0 fully saturated rings. The van der Waals surface area contributed by atoms with Crippen molar-refractivity contribution < 1.29 is 4.52 Å². The molecule has 2 N–H and O–H groups in total. The molecular weight excluding hydrogens is 214 g/mol. The first-order valence-corrected chi connectivity index (χ1v) is 5.87. The first kappa shape index (κ1) is 11.8. The van der Waals surface area contributed by atoms with Crippen molar-refractivity contribution >= 4 is 0 Å². The van der Waals surface area contributed by atoms with Gasteiger partial charge >= 0.3 is 0 Å². The summed E-state index contributed by atoms with van der Waals surface area (Å²) in [6.45, 7) is 4.04. The number of rotatable bonds is 4. The van der Waals surface area contributed by atoms with Gasteiger partial charge in [0.25, 0.3) is 5.89 Å². The lowest BCUT2D eigenvalue weighted by molar-refractivity contribution is 0.420. The highest BCUT2D eigenvalue weighted by Gasteiger charge is 2.12. The van der Waals surface area contributed by atoms with E-state index >= 15 is 0 Å². The number of aromatic nitrogens is 2. The molecular formula is C13H17N3O. The fourth-order valence-corrected chi connectivity index (χ4v) is 1.77. The van der Waals surface area contributed by atoms with Crippen molar-refractivity contribution in [1.29, 1.82) is 0 Å². The van der Waals surface area contributed by atoms with E-state index in [4.69, 9.17) is 10.3 Å². The normalized spacial score (nSPS) is 12.6. The van der Waals surface area contributed by atoms with E-state index < -0.39 is 0 Å². The van der Waals surface area contributed by atoms with Crippen LogP contribution in [0.3, 0.4) is 0 Å². The molecule has 1 aromatic carbocycles. The summed E-state index contributed by atoms with van der Waals surface area (Å²) in [6.07, 6.45) is 1.58. The predicted octanol–water partition coefficient (Wildman–Crippen LogP) is 2.19. The third-order valence-electron chi connectivity index (χ3n) is 2.60. The monoisotopic (exact) mass is 231 g/mol. The first-order valence-electron chi connectivity index (χ1n) is 5.87. The summed E-state index contributed by atoms with van der Waals surface area (Å²) in [5, 5.41) is 3.94. The van der Waals surface area contributed by atoms with E-state index in [2.05, 4.69) is 23.1 Å². The second-order valence-corrected chi connectivity index (χ2v) is 4.21. The minimum Gasteiger partial charge on any atom is -0.334 e. The minimum atomic E-state index is 0.0434. The van der Waals surface area contributed by atoms with E-state index in [9.17, 15) is 0 Å². The highest BCUT2D eigenvalue weighted by atomic mass is 16.5. The van der Waals surface area contributed by atoms with Crippen molar-refractivity contribution in [3.63, 3.8) is 0 Å². The van der Waals surface area contributed by atoms with Crippen LogP contribution in [0.5, 0.6) is 0 Å². The molecule has 0 saturated heterocycles. The summed E-state index contributed by atoms with van der Waals surface area (Å²) in [6, 6.07) is 8.11. The number of hydrogen-bond donors (Lipinski definition) is 1. The molecule has 1 aromatic heterocycles. The fraction of sp³-hybridized carbons (Fsp3) is 0.385. The second kappa shape index (κ2) is 5.10. The molecule has 0 radical (unpaired) electrons. The molecule has 90 valence electrons. The highest BCUT2D eigenvalue weighted by molar-refractivity contribution is 5.58. The van der Waals surface area contributed by atoms with E-state index in [1.54, 1.807) is 0 Å². The van der Waals surface area contributed by atoms with Gasteiger partial charge in [-0.15, -0.1) is 0 Å². The molecule has 2 aromatic rings. The maximum Gasteiger partial charge on any atom is 0.258 e. The molecule has 0 bridgehead atoms. The maximum atomic E-state index is 5.71. The van der Waals surface area contributed by atoms with E-state index in [-0.39, 0.29) is 6.04 Å². The van der Waals surface area contributed by atoms with Crippen molar-refractivity contribution in [3.8, 4) is 11.5 Å². The highest BCUT2D eigenvalue weighted by Crippen LogP contribution is 2.22. The van der Waals surface area contributed by atoms with Crippen molar-refractivity contribution in [3.05, 3.63) is 35.7 Å². The maximum absolute atomic E-state index is 5.71. The Balaban J connectivity index is 2.30. The molecule has 0 aliphatic rings. The Morgan fingerprint density at radius 2 is 2.12 bits per heavy atom. The van der Waals surface area contributed by atoms with Gasteiger partial charge in [-0.3, -0.25) is 0 Å². The number of nitrogens with two attached hydrogens (primary N) is 1. The van der Waals surface area contributed by atoms with Gasteiger partial charge in [0.2, 0.25) is 0 Å². The molecule has 0 aliphatic carbocycles. The molecule has 2 rings (SSSR count). The van der Waals surface area contributed by atoms with Gasteiger partial charge in [-0.25, -0.2) is 0 Å². The lowest BCUT2D eigenvalue weighted by atomic mass is 10.1. The topological polar surface area (TPSA) is 64.9 Å². The second-order valence-electron chi connectivity index (χ2n) is 4.21. The molecule has 0 aliphatic heterocycles. The van der Waals surface area contributed by atoms with Gasteiger partial charge in [0, 0.05) is 18.0 Å². The van der Waals surface area contributed by atoms with Gasteiger partial charge in [0.15, 0.2) is 5.82 Å². The van der Waals surface area contributed by atoms with E-state index in [0.717, 1.165) is 12.0 Å². The number of benzene rings is 1. The molecule has 4 heteroatoms. The average molecular weight is 231 g/mol. The summed E-state index contributed by atoms with van der Waals surface area (Å²) in [4.78, 5) is 4.37. The Morgan fingerprint density at radius 3 is 2.82 bits per heavy atom. The summed E-state index contributed by atoms with van der Waals surface area (Å²) in [5.41, 5.74) is 7.93. The van der Waals surface area contributed by atoms with Crippen molar-refractivity contribution in [2.45, 2.75) is 32.7 Å². The summed E-state index contributed by atoms with van der Waals surface area (Å²) in [5.74, 6) is 1.25. The zero-order valence-electron chi connectivity index (χ0n) is 10.2. The Morgan fingerprint density at radius 1 is 1.35 bits per heavy atom. The smallest absolute Gasteiger partial charge is 0.258 e. The van der Waals surface area contributed by atoms with Gasteiger partial charge in [-0.05, 0) is 25.0 Å². The van der Waals surface area contributed by atoms with Crippen molar-refractivity contribution in [1.82, 2.24) is 10.1 Å². The molecule has 0 spiro atoms. The van der Waals surface area contributed by atoms with E-state index in [0.29, 0.717) is 18.1 Å². The van der Waals surface area contributed by atoms with Crippen LogP contribution >= 0.6 is 0 Å². The van der Waals surface area contributed by atoms with Gasteiger partial charge in [-0.2, -0.15) is 4.98 Å². The van der Waals surface area contributed by atoms with Crippen LogP contribution in [0.4, 0.5) is 0 Å². The quantitative estimate of drug-likeness (QED) is 0.876. The van der Waals surface area contributed by atoms with Crippen molar-refractivity contribution in [2.75, 3.05) is 0 Å². The van der Waals surface area contributed by atoms with Crippen LogP contribution in [-0.4, -0.2) is 16.2 Å². The first-order chi connectivity index (χ1) is 8.20. The summed E-state index contributed by atoms with van der Waals surface area (Å²) in [7, 11) is 0. The molecule has 1 unspecified atom stereocenters. The van der Waals surface area contributed by atoms with Crippen LogP contribution in [0.1, 0.15) is 25.2 Å². The van der Waals surface area contributed by atoms with Crippen LogP contribution in [0.25, 0.3) is 11.5 Å². The summed E-state index contributed by atoms with van der Waals surface area (Å²) >= 11 is 0. The SMILES string of the molecule is CCc1ccccc1-c1nc(CC(C)N)no1. The Bertz CT molecular complexity index is 491. The van der Waals surface area contributed by atoms with Crippen LogP contribution in [0.2, 0.25) is 0 Å². The minimum absolute atomic E-state index is 0.0434. The molecule has 1 heterocycles. The van der Waals surface area contributed by atoms with E-state index in [1.807, 2.05) is 25.1 Å². The van der Waals surface area contributed by atoms with Gasteiger partial charge < -0.3 is 10.3 Å². The molecule has 17 heavy (non-hydrogen) atoms. The molecule has 0 amide bonds. The van der Waals surface area contributed by atoms with Crippen molar-refractivity contribution in [2.24, 2.45) is 5.73 Å². The lowest BCUT2D eigenvalue weighted by Gasteiger charge is -2.01. The summed E-state index contributed by atoms with van der Waals surface area (Å²) < 4.78 is 5.28. The number of hydrogen-bond acceptors (Lipinski definition) is 4. The Hall–Kier alpha value is -1.68.